The molecular weight excluding hydrogens is 983 g/mol. The van der Waals surface area contributed by atoms with Crippen molar-refractivity contribution in [2.24, 2.45) is 0 Å². The van der Waals surface area contributed by atoms with Gasteiger partial charge in [0.05, 0.1) is 25.4 Å². The van der Waals surface area contributed by atoms with E-state index in [1.54, 1.807) is 6.08 Å². The molecule has 1 heterocycles. The van der Waals surface area contributed by atoms with Crippen molar-refractivity contribution in [1.82, 2.24) is 5.32 Å². The molecule has 0 saturated carbocycles. The molecular formula is C70H131NO8. The first-order valence-electron chi connectivity index (χ1n) is 34.4. The molecule has 0 bridgehead atoms. The average molecular weight is 1110 g/mol. The molecule has 6 N–H and O–H groups in total. The highest BCUT2D eigenvalue weighted by atomic mass is 16.7. The van der Waals surface area contributed by atoms with Crippen LogP contribution in [0.15, 0.2) is 48.6 Å². The van der Waals surface area contributed by atoms with Gasteiger partial charge in [-0.1, -0.05) is 306 Å². The molecule has 1 rings (SSSR count). The summed E-state index contributed by atoms with van der Waals surface area (Å²) in [5.74, 6) is -0.187. The molecule has 0 spiro atoms. The number of carbonyl (C=O) groups excluding carboxylic acids is 1. The second kappa shape index (κ2) is 59.3. The van der Waals surface area contributed by atoms with Crippen LogP contribution in [-0.2, 0) is 14.3 Å². The fourth-order valence-electron chi connectivity index (χ4n) is 11.0. The van der Waals surface area contributed by atoms with Crippen LogP contribution in [0.4, 0.5) is 0 Å². The van der Waals surface area contributed by atoms with Gasteiger partial charge in [0, 0.05) is 6.42 Å². The summed E-state index contributed by atoms with van der Waals surface area (Å²) < 4.78 is 11.3. The molecule has 1 amide bonds. The lowest BCUT2D eigenvalue weighted by Gasteiger charge is -2.40. The van der Waals surface area contributed by atoms with E-state index in [9.17, 15) is 30.3 Å². The van der Waals surface area contributed by atoms with Crippen LogP contribution < -0.4 is 5.32 Å². The molecule has 0 aromatic carbocycles. The van der Waals surface area contributed by atoms with E-state index in [0.29, 0.717) is 6.42 Å². The van der Waals surface area contributed by atoms with Gasteiger partial charge in [0.1, 0.15) is 24.4 Å². The number of rotatable bonds is 60. The van der Waals surface area contributed by atoms with Gasteiger partial charge in [0.15, 0.2) is 6.29 Å². The first-order valence-corrected chi connectivity index (χ1v) is 34.4. The summed E-state index contributed by atoms with van der Waals surface area (Å²) in [7, 11) is 0. The van der Waals surface area contributed by atoms with Crippen molar-refractivity contribution in [3.05, 3.63) is 48.6 Å². The van der Waals surface area contributed by atoms with Gasteiger partial charge < -0.3 is 40.3 Å². The number of hydrogen-bond acceptors (Lipinski definition) is 8. The SMILES string of the molecule is CCCCCCCCC/C=C/CC/C=C/CC/C=C/C(O)C(COC1OC(CO)C(O)C(O)C1O)NC(=O)CCCCCCCCCCCCCCCCCCC/C=C\CCCCCCCCCCCCCCCCCCCC. The number of aliphatic hydroxyl groups excluding tert-OH is 5. The first kappa shape index (κ1) is 75.2. The van der Waals surface area contributed by atoms with Crippen molar-refractivity contribution < 1.29 is 39.8 Å². The Morgan fingerprint density at radius 2 is 0.722 bits per heavy atom. The van der Waals surface area contributed by atoms with Gasteiger partial charge in [-0.3, -0.25) is 4.79 Å². The molecule has 9 nitrogen and oxygen atoms in total. The Labute approximate surface area is 488 Å². The van der Waals surface area contributed by atoms with Gasteiger partial charge in [0.25, 0.3) is 0 Å². The van der Waals surface area contributed by atoms with Gasteiger partial charge in [-0.25, -0.2) is 0 Å². The lowest BCUT2D eigenvalue weighted by molar-refractivity contribution is -0.302. The van der Waals surface area contributed by atoms with Gasteiger partial charge in [0.2, 0.25) is 5.91 Å². The van der Waals surface area contributed by atoms with Crippen LogP contribution in [0.1, 0.15) is 335 Å². The van der Waals surface area contributed by atoms with E-state index in [1.807, 2.05) is 6.08 Å². The van der Waals surface area contributed by atoms with Crippen LogP contribution >= 0.6 is 0 Å². The largest absolute Gasteiger partial charge is 0.394 e. The molecule has 1 fully saturated rings. The predicted molar refractivity (Wildman–Crippen MR) is 336 cm³/mol. The minimum atomic E-state index is -1.58. The zero-order valence-electron chi connectivity index (χ0n) is 51.9. The number of amides is 1. The molecule has 9 heteroatoms. The Morgan fingerprint density at radius 1 is 0.418 bits per heavy atom. The summed E-state index contributed by atoms with van der Waals surface area (Å²) in [5.41, 5.74) is 0. The molecule has 0 radical (unpaired) electrons. The van der Waals surface area contributed by atoms with E-state index >= 15 is 0 Å². The molecule has 1 aliphatic heterocycles. The maximum absolute atomic E-state index is 13.1. The third kappa shape index (κ3) is 48.3. The van der Waals surface area contributed by atoms with Gasteiger partial charge >= 0.3 is 0 Å². The van der Waals surface area contributed by atoms with E-state index in [-0.39, 0.29) is 12.5 Å². The van der Waals surface area contributed by atoms with E-state index in [2.05, 4.69) is 55.6 Å². The second-order valence-corrected chi connectivity index (χ2v) is 24.0. The third-order valence-corrected chi connectivity index (χ3v) is 16.4. The third-order valence-electron chi connectivity index (χ3n) is 16.4. The second-order valence-electron chi connectivity index (χ2n) is 24.0. The summed E-state index contributed by atoms with van der Waals surface area (Å²) in [5, 5.41) is 54.6. The number of ether oxygens (including phenoxy) is 2. The minimum Gasteiger partial charge on any atom is -0.394 e. The molecule has 79 heavy (non-hydrogen) atoms. The Hall–Kier alpha value is -1.85. The predicted octanol–water partition coefficient (Wildman–Crippen LogP) is 18.4. The lowest BCUT2D eigenvalue weighted by atomic mass is 9.99. The van der Waals surface area contributed by atoms with Crippen molar-refractivity contribution >= 4 is 5.91 Å². The van der Waals surface area contributed by atoms with Gasteiger partial charge in [-0.05, 0) is 70.6 Å². The Balaban J connectivity index is 2.07. The molecule has 7 atom stereocenters. The summed E-state index contributed by atoms with van der Waals surface area (Å²) in [6.45, 7) is 3.78. The highest BCUT2D eigenvalue weighted by Gasteiger charge is 2.44. The molecule has 0 aromatic heterocycles. The standard InChI is InChI=1S/C70H131NO8/c1-3-5-7-9-11-13-15-17-19-21-22-23-24-25-26-27-28-29-30-31-32-33-34-35-36-37-38-39-40-41-42-44-46-48-50-52-54-56-58-60-66(74)71-63(62-78-70-69(77)68(76)67(75)65(61-72)79-70)64(73)59-57-55-53-51-49-47-45-43-20-18-16-14-12-10-8-6-4-2/h20,31-32,43,49,51,57,59,63-65,67-70,72-73,75-77H,3-19,21-30,33-42,44-48,50,52-56,58,60-62H2,1-2H3,(H,71,74)/b32-31-,43-20+,51-49+,59-57+. The van der Waals surface area contributed by atoms with Crippen LogP contribution in [0.5, 0.6) is 0 Å². The number of allylic oxidation sites excluding steroid dienone is 7. The monoisotopic (exact) mass is 1110 g/mol. The highest BCUT2D eigenvalue weighted by Crippen LogP contribution is 2.23. The Kier molecular flexibility index (Phi) is 56.4. The number of aliphatic hydroxyl groups is 5. The Morgan fingerprint density at radius 3 is 1.06 bits per heavy atom. The van der Waals surface area contributed by atoms with E-state index in [4.69, 9.17) is 9.47 Å². The van der Waals surface area contributed by atoms with Crippen molar-refractivity contribution in [2.75, 3.05) is 13.2 Å². The number of carbonyl (C=O) groups is 1. The molecule has 1 aliphatic rings. The fourth-order valence-corrected chi connectivity index (χ4v) is 11.0. The lowest BCUT2D eigenvalue weighted by Crippen LogP contribution is -2.60. The topological polar surface area (TPSA) is 149 Å². The number of hydrogen-bond donors (Lipinski definition) is 6. The van der Waals surface area contributed by atoms with Crippen LogP contribution in [0.3, 0.4) is 0 Å². The zero-order chi connectivity index (χ0) is 57.2. The van der Waals surface area contributed by atoms with E-state index in [1.165, 1.54) is 270 Å². The normalized spacial score (nSPS) is 18.8. The summed E-state index contributed by atoms with van der Waals surface area (Å²) in [6.07, 6.45) is 73.8. The molecule has 0 aromatic rings. The van der Waals surface area contributed by atoms with Crippen molar-refractivity contribution in [2.45, 2.75) is 378 Å². The van der Waals surface area contributed by atoms with Crippen LogP contribution in [0.25, 0.3) is 0 Å². The van der Waals surface area contributed by atoms with Crippen molar-refractivity contribution in [3.8, 4) is 0 Å². The molecule has 464 valence electrons. The molecule has 7 unspecified atom stereocenters. The van der Waals surface area contributed by atoms with Gasteiger partial charge in [-0.2, -0.15) is 0 Å². The average Bonchev–Trinajstić information content (AvgIpc) is 3.47. The highest BCUT2D eigenvalue weighted by molar-refractivity contribution is 5.76. The fraction of sp³-hybridized carbons (Fsp3) is 0.871. The van der Waals surface area contributed by atoms with Gasteiger partial charge in [-0.15, -0.1) is 0 Å². The van der Waals surface area contributed by atoms with E-state index in [0.717, 1.165) is 44.9 Å². The first-order chi connectivity index (χ1) is 38.8. The summed E-state index contributed by atoms with van der Waals surface area (Å²) >= 11 is 0. The molecule has 0 aliphatic carbocycles. The summed E-state index contributed by atoms with van der Waals surface area (Å²) in [6, 6.07) is -0.828. The van der Waals surface area contributed by atoms with Crippen molar-refractivity contribution in [1.29, 1.82) is 0 Å². The summed E-state index contributed by atoms with van der Waals surface area (Å²) in [4.78, 5) is 13.1. The Bertz CT molecular complexity index is 1380. The van der Waals surface area contributed by atoms with Crippen molar-refractivity contribution in [3.63, 3.8) is 0 Å². The number of unbranched alkanes of at least 4 members (excludes halogenated alkanes) is 44. The maximum Gasteiger partial charge on any atom is 0.220 e. The van der Waals surface area contributed by atoms with Crippen LogP contribution in [0.2, 0.25) is 0 Å². The minimum absolute atomic E-state index is 0.187. The van der Waals surface area contributed by atoms with Crippen LogP contribution in [0, 0.1) is 0 Å². The van der Waals surface area contributed by atoms with Crippen LogP contribution in [-0.4, -0.2) is 87.5 Å². The zero-order valence-corrected chi connectivity index (χ0v) is 51.9. The molecule has 1 saturated heterocycles. The smallest absolute Gasteiger partial charge is 0.220 e. The number of nitrogens with one attached hydrogen (secondary N) is 1. The van der Waals surface area contributed by atoms with E-state index < -0.39 is 49.5 Å². The quantitative estimate of drug-likeness (QED) is 0.0261. The maximum atomic E-state index is 13.1.